The first-order chi connectivity index (χ1) is 8.24. The SMILES string of the molecule is C=Cc1cccc([N+](=O)[O-])c1-c1ccccc1. The number of nitro benzene ring substituents is 1. The molecule has 2 rings (SSSR count). The molecule has 3 heteroatoms. The maximum absolute atomic E-state index is 11.0. The number of hydrogen-bond acceptors (Lipinski definition) is 2. The molecule has 0 fully saturated rings. The second kappa shape index (κ2) is 4.61. The van der Waals surface area contributed by atoms with Crippen molar-refractivity contribution in [1.82, 2.24) is 0 Å². The Kier molecular flexibility index (Phi) is 3.01. The third-order valence-electron chi connectivity index (χ3n) is 2.55. The molecule has 0 radical (unpaired) electrons. The Morgan fingerprint density at radius 1 is 1.06 bits per heavy atom. The molecule has 0 amide bonds. The van der Waals surface area contributed by atoms with Crippen molar-refractivity contribution in [2.45, 2.75) is 0 Å². The van der Waals surface area contributed by atoms with Gasteiger partial charge >= 0.3 is 0 Å². The molecule has 0 atom stereocenters. The zero-order chi connectivity index (χ0) is 12.3. The quantitative estimate of drug-likeness (QED) is 0.587. The Balaban J connectivity index is 2.73. The number of nitrogens with zero attached hydrogens (tertiary/aromatic N) is 1. The highest BCUT2D eigenvalue weighted by Gasteiger charge is 2.17. The van der Waals surface area contributed by atoms with Gasteiger partial charge in [0, 0.05) is 6.07 Å². The molecular weight excluding hydrogens is 214 g/mol. The highest BCUT2D eigenvalue weighted by Crippen LogP contribution is 2.33. The van der Waals surface area contributed by atoms with Gasteiger partial charge in [-0.15, -0.1) is 0 Å². The first kappa shape index (κ1) is 11.1. The average Bonchev–Trinajstić information content (AvgIpc) is 2.38. The van der Waals surface area contributed by atoms with Crippen LogP contribution >= 0.6 is 0 Å². The summed E-state index contributed by atoms with van der Waals surface area (Å²) in [6.45, 7) is 3.69. The molecule has 2 aromatic rings. The van der Waals surface area contributed by atoms with E-state index in [1.165, 1.54) is 6.07 Å². The van der Waals surface area contributed by atoms with Crippen molar-refractivity contribution >= 4 is 11.8 Å². The summed E-state index contributed by atoms with van der Waals surface area (Å²) in [5.74, 6) is 0. The molecule has 0 N–H and O–H groups in total. The van der Waals surface area contributed by atoms with Crippen molar-refractivity contribution in [3.05, 3.63) is 70.8 Å². The molecule has 0 aliphatic rings. The molecule has 0 heterocycles. The predicted octanol–water partition coefficient (Wildman–Crippen LogP) is 3.90. The number of nitro groups is 1. The Morgan fingerprint density at radius 3 is 2.35 bits per heavy atom. The minimum Gasteiger partial charge on any atom is -0.258 e. The van der Waals surface area contributed by atoms with E-state index in [-0.39, 0.29) is 10.6 Å². The molecule has 0 bridgehead atoms. The van der Waals surface area contributed by atoms with Gasteiger partial charge in [0.05, 0.1) is 10.5 Å². The molecule has 0 aromatic heterocycles. The van der Waals surface area contributed by atoms with Crippen LogP contribution in [0.1, 0.15) is 5.56 Å². The third kappa shape index (κ3) is 2.08. The molecule has 0 spiro atoms. The Labute approximate surface area is 99.2 Å². The average molecular weight is 225 g/mol. The van der Waals surface area contributed by atoms with Gasteiger partial charge in [0.2, 0.25) is 0 Å². The maximum Gasteiger partial charge on any atom is 0.277 e. The van der Waals surface area contributed by atoms with Crippen LogP contribution in [-0.2, 0) is 0 Å². The van der Waals surface area contributed by atoms with Crippen LogP contribution in [0.15, 0.2) is 55.1 Å². The fourth-order valence-corrected chi connectivity index (χ4v) is 1.80. The van der Waals surface area contributed by atoms with Crippen LogP contribution in [0.3, 0.4) is 0 Å². The normalized spacial score (nSPS) is 9.88. The molecule has 3 nitrogen and oxygen atoms in total. The van der Waals surface area contributed by atoms with E-state index in [2.05, 4.69) is 6.58 Å². The summed E-state index contributed by atoms with van der Waals surface area (Å²) in [5, 5.41) is 11.0. The second-order valence-corrected chi connectivity index (χ2v) is 3.57. The number of hydrogen-bond donors (Lipinski definition) is 0. The monoisotopic (exact) mass is 225 g/mol. The van der Waals surface area contributed by atoms with Crippen molar-refractivity contribution < 1.29 is 4.92 Å². The van der Waals surface area contributed by atoms with Gasteiger partial charge in [0.15, 0.2) is 0 Å². The van der Waals surface area contributed by atoms with Crippen molar-refractivity contribution in [1.29, 1.82) is 0 Å². The molecule has 0 saturated carbocycles. The molecule has 0 aliphatic carbocycles. The molecule has 2 aromatic carbocycles. The summed E-state index contributed by atoms with van der Waals surface area (Å²) in [6.07, 6.45) is 1.63. The summed E-state index contributed by atoms with van der Waals surface area (Å²) in [4.78, 5) is 10.7. The lowest BCUT2D eigenvalue weighted by atomic mass is 9.98. The van der Waals surface area contributed by atoms with Gasteiger partial charge in [-0.3, -0.25) is 10.1 Å². The lowest BCUT2D eigenvalue weighted by Gasteiger charge is -2.06. The number of benzene rings is 2. The van der Waals surface area contributed by atoms with Crippen LogP contribution in [0.2, 0.25) is 0 Å². The van der Waals surface area contributed by atoms with E-state index in [0.717, 1.165) is 11.1 Å². The van der Waals surface area contributed by atoms with Crippen molar-refractivity contribution in [2.75, 3.05) is 0 Å². The summed E-state index contributed by atoms with van der Waals surface area (Å²) in [7, 11) is 0. The van der Waals surface area contributed by atoms with Crippen LogP contribution in [0, 0.1) is 10.1 Å². The van der Waals surface area contributed by atoms with E-state index in [0.29, 0.717) is 5.56 Å². The fourth-order valence-electron chi connectivity index (χ4n) is 1.80. The largest absolute Gasteiger partial charge is 0.277 e. The first-order valence-electron chi connectivity index (χ1n) is 5.19. The zero-order valence-electron chi connectivity index (χ0n) is 9.17. The molecule has 0 saturated heterocycles. The molecule has 0 unspecified atom stereocenters. The van der Waals surface area contributed by atoms with Gasteiger partial charge in [-0.25, -0.2) is 0 Å². The molecule has 17 heavy (non-hydrogen) atoms. The molecular formula is C14H11NO2. The van der Waals surface area contributed by atoms with Gasteiger partial charge in [-0.1, -0.05) is 55.1 Å². The van der Waals surface area contributed by atoms with Crippen LogP contribution in [0.4, 0.5) is 5.69 Å². The van der Waals surface area contributed by atoms with Crippen molar-refractivity contribution in [3.63, 3.8) is 0 Å². The van der Waals surface area contributed by atoms with E-state index < -0.39 is 0 Å². The van der Waals surface area contributed by atoms with Crippen LogP contribution in [0.25, 0.3) is 17.2 Å². The Hall–Kier alpha value is -2.42. The van der Waals surface area contributed by atoms with E-state index in [9.17, 15) is 10.1 Å². The van der Waals surface area contributed by atoms with E-state index in [4.69, 9.17) is 0 Å². The van der Waals surface area contributed by atoms with Gasteiger partial charge in [-0.2, -0.15) is 0 Å². The minimum atomic E-state index is -0.366. The highest BCUT2D eigenvalue weighted by atomic mass is 16.6. The lowest BCUT2D eigenvalue weighted by molar-refractivity contribution is -0.384. The lowest BCUT2D eigenvalue weighted by Crippen LogP contribution is -1.94. The standard InChI is InChI=1S/C14H11NO2/c1-2-11-9-6-10-13(15(16)17)14(11)12-7-4-3-5-8-12/h2-10H,1H2. The van der Waals surface area contributed by atoms with Crippen LogP contribution in [0.5, 0.6) is 0 Å². The second-order valence-electron chi connectivity index (χ2n) is 3.57. The summed E-state index contributed by atoms with van der Waals surface area (Å²) in [6, 6.07) is 14.3. The predicted molar refractivity (Wildman–Crippen MR) is 68.6 cm³/mol. The zero-order valence-corrected chi connectivity index (χ0v) is 9.17. The highest BCUT2D eigenvalue weighted by molar-refractivity contribution is 5.82. The first-order valence-corrected chi connectivity index (χ1v) is 5.19. The topological polar surface area (TPSA) is 43.1 Å². The molecule has 0 aliphatic heterocycles. The van der Waals surface area contributed by atoms with Gasteiger partial charge < -0.3 is 0 Å². The van der Waals surface area contributed by atoms with Crippen LogP contribution in [-0.4, -0.2) is 4.92 Å². The van der Waals surface area contributed by atoms with E-state index >= 15 is 0 Å². The van der Waals surface area contributed by atoms with Gasteiger partial charge in [0.25, 0.3) is 5.69 Å². The Bertz CT molecular complexity index is 562. The summed E-state index contributed by atoms with van der Waals surface area (Å²) < 4.78 is 0. The van der Waals surface area contributed by atoms with Crippen molar-refractivity contribution in [3.8, 4) is 11.1 Å². The fraction of sp³-hybridized carbons (Fsp3) is 0. The van der Waals surface area contributed by atoms with Gasteiger partial charge in [-0.05, 0) is 11.1 Å². The number of rotatable bonds is 3. The van der Waals surface area contributed by atoms with Crippen molar-refractivity contribution in [2.24, 2.45) is 0 Å². The maximum atomic E-state index is 11.0. The smallest absolute Gasteiger partial charge is 0.258 e. The van der Waals surface area contributed by atoms with E-state index in [1.807, 2.05) is 36.4 Å². The van der Waals surface area contributed by atoms with Crippen LogP contribution < -0.4 is 0 Å². The van der Waals surface area contributed by atoms with E-state index in [1.54, 1.807) is 12.1 Å². The summed E-state index contributed by atoms with van der Waals surface area (Å²) in [5.41, 5.74) is 2.32. The third-order valence-corrected chi connectivity index (χ3v) is 2.55. The Morgan fingerprint density at radius 2 is 1.76 bits per heavy atom. The summed E-state index contributed by atoms with van der Waals surface area (Å²) >= 11 is 0. The molecule has 84 valence electrons. The minimum absolute atomic E-state index is 0.105. The van der Waals surface area contributed by atoms with Gasteiger partial charge in [0.1, 0.15) is 0 Å².